The molecule has 0 fully saturated rings. The summed E-state index contributed by atoms with van der Waals surface area (Å²) in [5.41, 5.74) is 0.350. The third kappa shape index (κ3) is 3.21. The second-order valence-corrected chi connectivity index (χ2v) is 4.52. The van der Waals surface area contributed by atoms with Gasteiger partial charge in [0, 0.05) is 12.1 Å². The molecule has 20 heavy (non-hydrogen) atoms. The number of carboxylic acids is 1. The van der Waals surface area contributed by atoms with Crippen molar-refractivity contribution in [2.24, 2.45) is 0 Å². The number of carbonyl (C=O) groups is 1. The summed E-state index contributed by atoms with van der Waals surface area (Å²) in [6, 6.07) is 3.51. The van der Waals surface area contributed by atoms with Crippen molar-refractivity contribution in [3.63, 3.8) is 0 Å². The van der Waals surface area contributed by atoms with Gasteiger partial charge in [0.2, 0.25) is 5.89 Å². The van der Waals surface area contributed by atoms with Gasteiger partial charge in [0.05, 0.1) is 17.8 Å². The first kappa shape index (κ1) is 14.2. The molecule has 0 aliphatic carbocycles. The summed E-state index contributed by atoms with van der Waals surface area (Å²) in [5, 5.41) is 11.9. The minimum absolute atomic E-state index is 0.0582. The number of rotatable bonds is 5. The normalized spacial score (nSPS) is 12.3. The molecule has 1 heterocycles. The van der Waals surface area contributed by atoms with Crippen LogP contribution in [0.1, 0.15) is 40.5 Å². The van der Waals surface area contributed by atoms with Gasteiger partial charge in [-0.2, -0.15) is 0 Å². The molecule has 1 atom stereocenters. The second kappa shape index (κ2) is 5.83. The van der Waals surface area contributed by atoms with Crippen LogP contribution < -0.4 is 5.32 Å². The van der Waals surface area contributed by atoms with Crippen LogP contribution in [0.3, 0.4) is 0 Å². The fraction of sp³-hybridized carbons (Fsp3) is 0.286. The Morgan fingerprint density at radius 1 is 1.55 bits per heavy atom. The summed E-state index contributed by atoms with van der Waals surface area (Å²) in [4.78, 5) is 14.9. The van der Waals surface area contributed by atoms with E-state index in [1.54, 1.807) is 13.1 Å². The number of halogens is 1. The molecule has 106 valence electrons. The smallest absolute Gasteiger partial charge is 0.335 e. The molecule has 0 radical (unpaired) electrons. The van der Waals surface area contributed by atoms with Crippen LogP contribution in [-0.4, -0.2) is 16.1 Å². The van der Waals surface area contributed by atoms with Gasteiger partial charge in [0.1, 0.15) is 11.6 Å². The van der Waals surface area contributed by atoms with Crippen molar-refractivity contribution in [1.29, 1.82) is 0 Å². The highest BCUT2D eigenvalue weighted by atomic mass is 19.1. The van der Waals surface area contributed by atoms with E-state index >= 15 is 0 Å². The molecular weight excluding hydrogens is 263 g/mol. The number of hydrogen-bond donors (Lipinski definition) is 2. The van der Waals surface area contributed by atoms with Crippen molar-refractivity contribution >= 4 is 5.97 Å². The van der Waals surface area contributed by atoms with Crippen LogP contribution in [0.15, 0.2) is 28.8 Å². The van der Waals surface area contributed by atoms with E-state index in [1.807, 2.05) is 6.92 Å². The van der Waals surface area contributed by atoms with E-state index in [1.165, 1.54) is 12.1 Å². The number of carboxylic acid groups (broad SMARTS) is 1. The molecule has 0 bridgehead atoms. The zero-order chi connectivity index (χ0) is 14.7. The number of nitrogens with one attached hydrogen (secondary N) is 1. The lowest BCUT2D eigenvalue weighted by Gasteiger charge is -2.11. The number of aromatic nitrogens is 1. The van der Waals surface area contributed by atoms with E-state index in [0.717, 1.165) is 6.07 Å². The van der Waals surface area contributed by atoms with Crippen molar-refractivity contribution < 1.29 is 18.7 Å². The fourth-order valence-corrected chi connectivity index (χ4v) is 1.77. The summed E-state index contributed by atoms with van der Waals surface area (Å²) in [6.07, 6.45) is 1.61. The molecule has 0 amide bonds. The maximum atomic E-state index is 13.6. The highest BCUT2D eigenvalue weighted by molar-refractivity contribution is 5.87. The summed E-state index contributed by atoms with van der Waals surface area (Å²) in [7, 11) is 0. The molecule has 5 nitrogen and oxygen atoms in total. The van der Waals surface area contributed by atoms with Gasteiger partial charge >= 0.3 is 5.97 Å². The molecule has 6 heteroatoms. The van der Waals surface area contributed by atoms with E-state index in [4.69, 9.17) is 9.52 Å². The minimum Gasteiger partial charge on any atom is -0.478 e. The van der Waals surface area contributed by atoms with Gasteiger partial charge in [-0.15, -0.1) is 0 Å². The lowest BCUT2D eigenvalue weighted by Crippen LogP contribution is -2.19. The Bertz CT molecular complexity index is 625. The zero-order valence-electron chi connectivity index (χ0n) is 11.2. The molecule has 1 aromatic heterocycles. The van der Waals surface area contributed by atoms with Gasteiger partial charge in [-0.1, -0.05) is 0 Å². The molecule has 1 aromatic carbocycles. The lowest BCUT2D eigenvalue weighted by molar-refractivity contribution is 0.0696. The lowest BCUT2D eigenvalue weighted by atomic mass is 10.1. The standard InChI is InChI=1S/C14H15FN2O3/c1-8-6-17-13(20-8)9(2)16-7-11-5-10(14(18)19)3-4-12(11)15/h3-6,9,16H,7H2,1-2H3,(H,18,19). The van der Waals surface area contributed by atoms with E-state index in [9.17, 15) is 9.18 Å². The molecule has 0 aliphatic rings. The molecule has 0 saturated carbocycles. The topological polar surface area (TPSA) is 75.4 Å². The third-order valence-corrected chi connectivity index (χ3v) is 2.90. The average molecular weight is 278 g/mol. The summed E-state index contributed by atoms with van der Waals surface area (Å²) < 4.78 is 19.0. The maximum absolute atomic E-state index is 13.6. The molecule has 1 unspecified atom stereocenters. The van der Waals surface area contributed by atoms with Gasteiger partial charge in [0.25, 0.3) is 0 Å². The SMILES string of the molecule is Cc1cnc(C(C)NCc2cc(C(=O)O)ccc2F)o1. The van der Waals surface area contributed by atoms with Crippen molar-refractivity contribution in [1.82, 2.24) is 10.3 Å². The monoisotopic (exact) mass is 278 g/mol. The van der Waals surface area contributed by atoms with Crippen LogP contribution in [0.4, 0.5) is 4.39 Å². The van der Waals surface area contributed by atoms with Crippen LogP contribution in [0.5, 0.6) is 0 Å². The number of nitrogens with zero attached hydrogens (tertiary/aromatic N) is 1. The van der Waals surface area contributed by atoms with Crippen LogP contribution in [0, 0.1) is 12.7 Å². The molecule has 2 rings (SSSR count). The Labute approximate surface area is 115 Å². The zero-order valence-corrected chi connectivity index (χ0v) is 11.2. The van der Waals surface area contributed by atoms with Crippen molar-refractivity contribution in [3.8, 4) is 0 Å². The Hall–Kier alpha value is -2.21. The fourth-order valence-electron chi connectivity index (χ4n) is 1.77. The molecule has 0 spiro atoms. The summed E-state index contributed by atoms with van der Waals surface area (Å²) in [5.74, 6) is -0.314. The minimum atomic E-state index is -1.08. The molecule has 2 aromatic rings. The Morgan fingerprint density at radius 3 is 2.90 bits per heavy atom. The van der Waals surface area contributed by atoms with Crippen molar-refractivity contribution in [2.75, 3.05) is 0 Å². The first-order valence-electron chi connectivity index (χ1n) is 6.15. The summed E-state index contributed by atoms with van der Waals surface area (Å²) >= 11 is 0. The van der Waals surface area contributed by atoms with E-state index in [-0.39, 0.29) is 18.2 Å². The van der Waals surface area contributed by atoms with E-state index in [0.29, 0.717) is 17.2 Å². The van der Waals surface area contributed by atoms with Gasteiger partial charge in [0.15, 0.2) is 0 Å². The quantitative estimate of drug-likeness (QED) is 0.879. The number of hydrogen-bond acceptors (Lipinski definition) is 4. The van der Waals surface area contributed by atoms with Gasteiger partial charge in [-0.05, 0) is 32.0 Å². The molecule has 0 aliphatic heterocycles. The largest absolute Gasteiger partial charge is 0.478 e. The van der Waals surface area contributed by atoms with Crippen molar-refractivity contribution in [2.45, 2.75) is 26.4 Å². The second-order valence-electron chi connectivity index (χ2n) is 4.52. The maximum Gasteiger partial charge on any atom is 0.335 e. The van der Waals surface area contributed by atoms with Crippen LogP contribution in [0.2, 0.25) is 0 Å². The first-order chi connectivity index (χ1) is 9.47. The Kier molecular flexibility index (Phi) is 4.14. The van der Waals surface area contributed by atoms with E-state index in [2.05, 4.69) is 10.3 Å². The van der Waals surface area contributed by atoms with Crippen LogP contribution in [-0.2, 0) is 6.54 Å². The molecular formula is C14H15FN2O3. The van der Waals surface area contributed by atoms with Gasteiger partial charge in [-0.25, -0.2) is 14.2 Å². The van der Waals surface area contributed by atoms with Crippen molar-refractivity contribution in [3.05, 3.63) is 53.0 Å². The highest BCUT2D eigenvalue weighted by Gasteiger charge is 2.13. The predicted octanol–water partition coefficient (Wildman–Crippen LogP) is 2.67. The van der Waals surface area contributed by atoms with Gasteiger partial charge < -0.3 is 14.8 Å². The first-order valence-corrected chi connectivity index (χ1v) is 6.15. The third-order valence-electron chi connectivity index (χ3n) is 2.90. The predicted molar refractivity (Wildman–Crippen MR) is 69.9 cm³/mol. The molecule has 0 saturated heterocycles. The Balaban J connectivity index is 2.06. The van der Waals surface area contributed by atoms with Crippen LogP contribution in [0.25, 0.3) is 0 Å². The van der Waals surface area contributed by atoms with Gasteiger partial charge in [-0.3, -0.25) is 0 Å². The highest BCUT2D eigenvalue weighted by Crippen LogP contribution is 2.15. The average Bonchev–Trinajstić information content (AvgIpc) is 2.84. The molecule has 2 N–H and O–H groups in total. The van der Waals surface area contributed by atoms with Crippen LogP contribution >= 0.6 is 0 Å². The number of aromatic carboxylic acids is 1. The number of oxazole rings is 1. The Morgan fingerprint density at radius 2 is 2.30 bits per heavy atom. The summed E-state index contributed by atoms with van der Waals surface area (Å²) in [6.45, 7) is 3.82. The van der Waals surface area contributed by atoms with E-state index < -0.39 is 11.8 Å². The number of benzene rings is 1. The number of aryl methyl sites for hydroxylation is 1.